The molecule has 0 saturated carbocycles. The average Bonchev–Trinajstić information content (AvgIpc) is 2.59. The second-order valence-corrected chi connectivity index (χ2v) is 5.76. The lowest BCUT2D eigenvalue weighted by molar-refractivity contribution is 0.409. The van der Waals surface area contributed by atoms with Gasteiger partial charge in [0.25, 0.3) is 0 Å². The van der Waals surface area contributed by atoms with Crippen LogP contribution in [-0.2, 0) is 12.8 Å². The van der Waals surface area contributed by atoms with Crippen molar-refractivity contribution in [2.75, 3.05) is 19.0 Å². The summed E-state index contributed by atoms with van der Waals surface area (Å²) in [5.41, 5.74) is 3.57. The summed E-state index contributed by atoms with van der Waals surface area (Å²) in [6.07, 6.45) is 3.01. The van der Waals surface area contributed by atoms with E-state index < -0.39 is 0 Å². The third kappa shape index (κ3) is 5.57. The second-order valence-electron chi connectivity index (χ2n) is 5.35. The van der Waals surface area contributed by atoms with Gasteiger partial charge in [0.15, 0.2) is 5.11 Å². The van der Waals surface area contributed by atoms with Crippen molar-refractivity contribution in [2.24, 2.45) is 0 Å². The summed E-state index contributed by atoms with van der Waals surface area (Å²) in [6, 6.07) is 16.5. The molecule has 0 aliphatic heterocycles. The summed E-state index contributed by atoms with van der Waals surface area (Å²) in [5.74, 6) is 0.948. The molecule has 2 rings (SSSR count). The Balaban J connectivity index is 1.72. The highest BCUT2D eigenvalue weighted by Gasteiger charge is 2.02. The number of benzene rings is 2. The minimum Gasteiger partial charge on any atom is -0.496 e. The first-order valence-electron chi connectivity index (χ1n) is 7.98. The first kappa shape index (κ1) is 17.3. The monoisotopic (exact) mass is 328 g/mol. The third-order valence-electron chi connectivity index (χ3n) is 3.72. The number of aryl methyl sites for hydroxylation is 2. The van der Waals surface area contributed by atoms with Crippen LogP contribution < -0.4 is 15.4 Å². The van der Waals surface area contributed by atoms with Crippen molar-refractivity contribution in [3.63, 3.8) is 0 Å². The molecule has 23 heavy (non-hydrogen) atoms. The maximum atomic E-state index is 5.36. The van der Waals surface area contributed by atoms with E-state index in [0.717, 1.165) is 37.2 Å². The van der Waals surface area contributed by atoms with Gasteiger partial charge in [-0.05, 0) is 60.8 Å². The molecular weight excluding hydrogens is 304 g/mol. The number of nitrogens with one attached hydrogen (secondary N) is 2. The fraction of sp³-hybridized carbons (Fsp3) is 0.316. The molecule has 4 heteroatoms. The fourth-order valence-electron chi connectivity index (χ4n) is 2.39. The number of thiocarbonyl (C=S) groups is 1. The molecule has 0 aliphatic carbocycles. The quantitative estimate of drug-likeness (QED) is 0.590. The molecule has 0 aliphatic rings. The topological polar surface area (TPSA) is 33.3 Å². The number of rotatable bonds is 7. The Labute approximate surface area is 144 Å². The van der Waals surface area contributed by atoms with E-state index in [1.807, 2.05) is 18.2 Å². The summed E-state index contributed by atoms with van der Waals surface area (Å²) in [4.78, 5) is 0. The molecule has 0 spiro atoms. The van der Waals surface area contributed by atoms with E-state index in [0.29, 0.717) is 5.11 Å². The Kier molecular flexibility index (Phi) is 6.88. The number of methoxy groups -OCH3 is 1. The number of hydrogen-bond acceptors (Lipinski definition) is 2. The predicted molar refractivity (Wildman–Crippen MR) is 101 cm³/mol. The molecule has 0 heterocycles. The van der Waals surface area contributed by atoms with Crippen LogP contribution in [0.2, 0.25) is 0 Å². The predicted octanol–water partition coefficient (Wildman–Crippen LogP) is 4.18. The fourth-order valence-corrected chi connectivity index (χ4v) is 2.61. The van der Waals surface area contributed by atoms with Gasteiger partial charge >= 0.3 is 0 Å². The van der Waals surface area contributed by atoms with Crippen LogP contribution >= 0.6 is 12.2 Å². The van der Waals surface area contributed by atoms with Gasteiger partial charge in [0, 0.05) is 12.2 Å². The summed E-state index contributed by atoms with van der Waals surface area (Å²) < 4.78 is 5.36. The second kappa shape index (κ2) is 9.16. The van der Waals surface area contributed by atoms with Crippen molar-refractivity contribution >= 4 is 23.0 Å². The van der Waals surface area contributed by atoms with Crippen molar-refractivity contribution in [1.29, 1.82) is 0 Å². The highest BCUT2D eigenvalue weighted by atomic mass is 32.1. The molecule has 0 saturated heterocycles. The maximum absolute atomic E-state index is 5.36. The van der Waals surface area contributed by atoms with Gasteiger partial charge in [-0.3, -0.25) is 0 Å². The zero-order chi connectivity index (χ0) is 16.5. The average molecular weight is 328 g/mol. The van der Waals surface area contributed by atoms with E-state index in [9.17, 15) is 0 Å². The summed E-state index contributed by atoms with van der Waals surface area (Å²) >= 11 is 5.33. The minimum atomic E-state index is 0.661. The smallest absolute Gasteiger partial charge is 0.170 e. The van der Waals surface area contributed by atoms with Crippen molar-refractivity contribution in [3.05, 3.63) is 59.7 Å². The van der Waals surface area contributed by atoms with Gasteiger partial charge in [0.05, 0.1) is 7.11 Å². The van der Waals surface area contributed by atoms with Gasteiger partial charge in [-0.1, -0.05) is 37.3 Å². The van der Waals surface area contributed by atoms with Crippen molar-refractivity contribution in [1.82, 2.24) is 5.32 Å². The van der Waals surface area contributed by atoms with Gasteiger partial charge < -0.3 is 15.4 Å². The molecule has 0 radical (unpaired) electrons. The van der Waals surface area contributed by atoms with Crippen molar-refractivity contribution in [3.8, 4) is 5.75 Å². The van der Waals surface area contributed by atoms with E-state index in [1.165, 1.54) is 11.1 Å². The minimum absolute atomic E-state index is 0.661. The molecule has 0 atom stereocenters. The first-order chi connectivity index (χ1) is 11.2. The van der Waals surface area contributed by atoms with Gasteiger partial charge in [0.2, 0.25) is 0 Å². The van der Waals surface area contributed by atoms with Crippen LogP contribution in [0.5, 0.6) is 5.75 Å². The highest BCUT2D eigenvalue weighted by molar-refractivity contribution is 7.80. The molecule has 0 aromatic heterocycles. The van der Waals surface area contributed by atoms with Crippen LogP contribution in [0.4, 0.5) is 5.69 Å². The molecule has 2 N–H and O–H groups in total. The number of hydrogen-bond donors (Lipinski definition) is 2. The Bertz CT molecular complexity index is 626. The zero-order valence-electron chi connectivity index (χ0n) is 13.8. The largest absolute Gasteiger partial charge is 0.496 e. The molecule has 0 unspecified atom stereocenters. The lowest BCUT2D eigenvalue weighted by Crippen LogP contribution is -2.29. The Morgan fingerprint density at radius 3 is 2.52 bits per heavy atom. The number of ether oxygens (including phenoxy) is 1. The molecular formula is C19H24N2OS. The molecule has 2 aromatic rings. The zero-order valence-corrected chi connectivity index (χ0v) is 14.6. The highest BCUT2D eigenvalue weighted by Crippen LogP contribution is 2.18. The summed E-state index contributed by atoms with van der Waals surface area (Å²) in [7, 11) is 1.71. The van der Waals surface area contributed by atoms with Gasteiger partial charge in [-0.25, -0.2) is 0 Å². The van der Waals surface area contributed by atoms with Crippen LogP contribution in [-0.4, -0.2) is 18.8 Å². The number of anilines is 1. The molecule has 122 valence electrons. The van der Waals surface area contributed by atoms with E-state index in [2.05, 4.69) is 47.9 Å². The van der Waals surface area contributed by atoms with Crippen LogP contribution in [0.1, 0.15) is 24.5 Å². The Morgan fingerprint density at radius 2 is 1.83 bits per heavy atom. The standard InChI is InChI=1S/C19H24N2OS/c1-3-15-10-12-17(13-11-15)21-19(23)20-14-6-8-16-7-4-5-9-18(16)22-2/h4-5,7,9-13H,3,6,8,14H2,1-2H3,(H2,20,21,23). The lowest BCUT2D eigenvalue weighted by atomic mass is 10.1. The van der Waals surface area contributed by atoms with Crippen LogP contribution in [0.3, 0.4) is 0 Å². The molecule has 0 fully saturated rings. The van der Waals surface area contributed by atoms with Crippen LogP contribution in [0, 0.1) is 0 Å². The normalized spacial score (nSPS) is 10.2. The SMILES string of the molecule is CCc1ccc(NC(=S)NCCCc2ccccc2OC)cc1. The van der Waals surface area contributed by atoms with E-state index >= 15 is 0 Å². The molecule has 3 nitrogen and oxygen atoms in total. The van der Waals surface area contributed by atoms with E-state index in [1.54, 1.807) is 7.11 Å². The van der Waals surface area contributed by atoms with Crippen LogP contribution in [0.25, 0.3) is 0 Å². The van der Waals surface area contributed by atoms with Crippen molar-refractivity contribution in [2.45, 2.75) is 26.2 Å². The van der Waals surface area contributed by atoms with Crippen LogP contribution in [0.15, 0.2) is 48.5 Å². The first-order valence-corrected chi connectivity index (χ1v) is 8.39. The number of para-hydroxylation sites is 1. The van der Waals surface area contributed by atoms with Gasteiger partial charge in [-0.15, -0.1) is 0 Å². The third-order valence-corrected chi connectivity index (χ3v) is 3.97. The Hall–Kier alpha value is -2.07. The molecule has 0 bridgehead atoms. The molecule has 0 amide bonds. The molecule has 2 aromatic carbocycles. The Morgan fingerprint density at radius 1 is 1.09 bits per heavy atom. The van der Waals surface area contributed by atoms with E-state index in [-0.39, 0.29) is 0 Å². The summed E-state index contributed by atoms with van der Waals surface area (Å²) in [6.45, 7) is 2.98. The van der Waals surface area contributed by atoms with Gasteiger partial charge in [0.1, 0.15) is 5.75 Å². The maximum Gasteiger partial charge on any atom is 0.170 e. The summed E-state index contributed by atoms with van der Waals surface area (Å²) in [5, 5.41) is 7.12. The van der Waals surface area contributed by atoms with Gasteiger partial charge in [-0.2, -0.15) is 0 Å². The lowest BCUT2D eigenvalue weighted by Gasteiger charge is -2.12. The van der Waals surface area contributed by atoms with Crippen molar-refractivity contribution < 1.29 is 4.74 Å². The van der Waals surface area contributed by atoms with E-state index in [4.69, 9.17) is 17.0 Å².